The molecule has 0 N–H and O–H groups in total. The number of hydrogen-bond donors (Lipinski definition) is 0. The van der Waals surface area contributed by atoms with Crippen LogP contribution in [-0.2, 0) is 28.7 Å². The summed E-state index contributed by atoms with van der Waals surface area (Å²) in [5.41, 5.74) is 0. The summed E-state index contributed by atoms with van der Waals surface area (Å²) in [5.74, 6) is -1.55. The van der Waals surface area contributed by atoms with Crippen LogP contribution in [0.5, 0.6) is 11.5 Å². The molecule has 2 aromatic carbocycles. The normalized spacial score (nSPS) is 10.2. The van der Waals surface area contributed by atoms with Gasteiger partial charge in [0.15, 0.2) is 16.9 Å². The molecule has 0 saturated carbocycles. The Labute approximate surface area is 238 Å². The van der Waals surface area contributed by atoms with Crippen LogP contribution in [0.25, 0.3) is 0 Å². The van der Waals surface area contributed by atoms with Crippen molar-refractivity contribution < 1.29 is 72.8 Å². The number of hydrogen-bond acceptors (Lipinski definition) is 8. The van der Waals surface area contributed by atoms with Crippen LogP contribution in [0.4, 0.5) is 0 Å². The molecule has 8 nitrogen and oxygen atoms in total. The van der Waals surface area contributed by atoms with Crippen LogP contribution in [0.15, 0.2) is 60.7 Å². The Hall–Kier alpha value is -2.46. The molecule has 2 unspecified atom stereocenters. The third-order valence-corrected chi connectivity index (χ3v) is 3.95. The van der Waals surface area contributed by atoms with Crippen LogP contribution in [0.1, 0.15) is 35.1 Å². The molecule has 0 aromatic heterocycles. The number of carbonyl (C=O) groups is 4. The van der Waals surface area contributed by atoms with Gasteiger partial charge >= 0.3 is 41.5 Å². The summed E-state index contributed by atoms with van der Waals surface area (Å²) in [5, 5.41) is 9.13. The van der Waals surface area contributed by atoms with E-state index in [0.717, 1.165) is 0 Å². The van der Waals surface area contributed by atoms with E-state index in [-0.39, 0.29) is 72.2 Å². The van der Waals surface area contributed by atoms with Gasteiger partial charge in [-0.2, -0.15) is 0 Å². The minimum Gasteiger partial charge on any atom is -1.00 e. The maximum Gasteiger partial charge on any atom is 1.00 e. The topological polar surface area (TPSA) is 119 Å². The second-order valence-electron chi connectivity index (χ2n) is 6.21. The van der Waals surface area contributed by atoms with E-state index < -0.39 is 23.4 Å². The first kappa shape index (κ1) is 40.7. The predicted molar refractivity (Wildman–Crippen MR) is 128 cm³/mol. The van der Waals surface area contributed by atoms with Crippen molar-refractivity contribution in [3.63, 3.8) is 0 Å². The van der Waals surface area contributed by atoms with E-state index in [0.29, 0.717) is 5.75 Å². The molecule has 0 aliphatic carbocycles. The zero-order valence-electron chi connectivity index (χ0n) is 20.4. The monoisotopic (exact) mass is 537 g/mol. The molecule has 2 rings (SSSR count). The number of esters is 2. The zero-order valence-corrected chi connectivity index (χ0v) is 23.1. The number of ketones is 2. The Morgan fingerprint density at radius 1 is 0.806 bits per heavy atom. The number of rotatable bonds is 8. The third kappa shape index (κ3) is 18.8. The molecule has 196 valence electrons. The third-order valence-electron chi connectivity index (χ3n) is 3.46. The summed E-state index contributed by atoms with van der Waals surface area (Å²) in [4.78, 5) is 43.7. The van der Waals surface area contributed by atoms with Crippen LogP contribution in [0.2, 0.25) is 0 Å². The number of alkyl halides is 1. The van der Waals surface area contributed by atoms with E-state index in [2.05, 4.69) is 4.74 Å². The molecular formula is C25H32ClFNaO8-. The van der Waals surface area contributed by atoms with Crippen LogP contribution in [0, 0.1) is 0 Å². The zero-order chi connectivity index (χ0) is 25.2. The van der Waals surface area contributed by atoms with Crippen LogP contribution in [0.3, 0.4) is 0 Å². The second kappa shape index (κ2) is 24.2. The smallest absolute Gasteiger partial charge is 1.00 e. The maximum absolute atomic E-state index is 11.4. The van der Waals surface area contributed by atoms with E-state index in [1.165, 1.54) is 26.0 Å². The van der Waals surface area contributed by atoms with Crippen molar-refractivity contribution in [3.8, 4) is 11.5 Å². The predicted octanol–water partition coefficient (Wildman–Crippen LogP) is -2.26. The molecule has 0 aliphatic heterocycles. The van der Waals surface area contributed by atoms with Crippen LogP contribution < -0.4 is 44.1 Å². The number of halogens is 2. The Balaban J connectivity index is -0.000000222. The number of benzene rings is 2. The molecule has 0 bridgehead atoms. The van der Waals surface area contributed by atoms with Crippen molar-refractivity contribution in [2.75, 3.05) is 13.2 Å². The van der Waals surface area contributed by atoms with Gasteiger partial charge in [0.25, 0.3) is 6.10 Å². The fraction of sp³-hybridized carbons (Fsp3) is 0.360. The van der Waals surface area contributed by atoms with Gasteiger partial charge in [-0.3, -0.25) is 9.59 Å². The van der Waals surface area contributed by atoms with Gasteiger partial charge in [0.2, 0.25) is 0 Å². The molecule has 0 aliphatic rings. The van der Waals surface area contributed by atoms with Crippen molar-refractivity contribution in [1.82, 2.24) is 0 Å². The van der Waals surface area contributed by atoms with Crippen LogP contribution >= 0.6 is 11.6 Å². The van der Waals surface area contributed by atoms with Crippen molar-refractivity contribution in [3.05, 3.63) is 60.7 Å². The largest absolute Gasteiger partial charge is 1.00 e. The van der Waals surface area contributed by atoms with Gasteiger partial charge in [0, 0.05) is 0 Å². The molecule has 0 amide bonds. The first-order valence-electron chi connectivity index (χ1n) is 10.1. The van der Waals surface area contributed by atoms with E-state index in [1.54, 1.807) is 50.2 Å². The maximum atomic E-state index is 11.4. The molecule has 0 radical (unpaired) electrons. The van der Waals surface area contributed by atoms with Gasteiger partial charge in [0.05, 0.1) is 13.2 Å². The van der Waals surface area contributed by atoms with Crippen molar-refractivity contribution in [2.24, 2.45) is 0 Å². The molecule has 0 spiro atoms. The standard InChI is InChI=1S/C12H14O4.C6H9ClO3.C6H6O.CH4.FH.Na/c1-3-15-12(14)11(9(2)13)16-10-7-5-4-6-8-10;1-3-10-6(9)5(7)4(2)8;7-6-4-2-1-3-5-6;;;/h4-8,11H,3H2,1-2H3;5H,3H2,1-2H3;1-5,7H;1H4;1H;/q;;;;;+1/p-2. The minimum atomic E-state index is -1.18. The van der Waals surface area contributed by atoms with E-state index in [4.69, 9.17) is 21.1 Å². The Morgan fingerprint density at radius 2 is 1.22 bits per heavy atom. The van der Waals surface area contributed by atoms with Gasteiger partial charge in [-0.15, -0.1) is 17.4 Å². The molecule has 2 aromatic rings. The van der Waals surface area contributed by atoms with E-state index in [1.807, 2.05) is 12.1 Å². The molecule has 0 heterocycles. The van der Waals surface area contributed by atoms with E-state index >= 15 is 0 Å². The van der Waals surface area contributed by atoms with Gasteiger partial charge in [-0.05, 0) is 39.8 Å². The minimum absolute atomic E-state index is 0. The molecule has 11 heteroatoms. The number of para-hydroxylation sites is 2. The van der Waals surface area contributed by atoms with Crippen molar-refractivity contribution >= 4 is 35.1 Å². The van der Waals surface area contributed by atoms with Gasteiger partial charge < -0.3 is 24.0 Å². The fourth-order valence-electron chi connectivity index (χ4n) is 1.95. The first-order valence-corrected chi connectivity index (χ1v) is 10.5. The summed E-state index contributed by atoms with van der Waals surface area (Å²) in [6, 6.07) is 17.0. The number of carbonyl (C=O) groups excluding carboxylic acids is 4. The summed E-state index contributed by atoms with van der Waals surface area (Å²) in [6.45, 7) is 6.34. The molecule has 2 atom stereocenters. The van der Waals surface area contributed by atoms with Crippen LogP contribution in [-0.4, -0.2) is 48.2 Å². The number of ether oxygens (including phenoxy) is 3. The average Bonchev–Trinajstić information content (AvgIpc) is 2.79. The fourth-order valence-corrected chi connectivity index (χ4v) is 2.02. The molecular weight excluding hydrogens is 506 g/mol. The summed E-state index contributed by atoms with van der Waals surface area (Å²) in [6.07, 6.45) is -1.18. The summed E-state index contributed by atoms with van der Waals surface area (Å²) < 4.78 is 14.5. The van der Waals surface area contributed by atoms with Crippen molar-refractivity contribution in [1.29, 1.82) is 0 Å². The molecule has 36 heavy (non-hydrogen) atoms. The van der Waals surface area contributed by atoms with Gasteiger partial charge in [0.1, 0.15) is 5.75 Å². The molecule has 0 fully saturated rings. The van der Waals surface area contributed by atoms with E-state index in [9.17, 15) is 24.3 Å². The van der Waals surface area contributed by atoms with Gasteiger partial charge in [-0.1, -0.05) is 56.0 Å². The Kier molecular flexibility index (Phi) is 27.4. The second-order valence-corrected chi connectivity index (χ2v) is 6.65. The number of Topliss-reactive ketones (excluding diaryl/α,β-unsaturated/α-hetero) is 2. The average molecular weight is 538 g/mol. The first-order chi connectivity index (χ1) is 15.6. The summed E-state index contributed by atoms with van der Waals surface area (Å²) >= 11 is 5.32. The Morgan fingerprint density at radius 3 is 1.56 bits per heavy atom. The Bertz CT molecular complexity index is 869. The molecule has 0 saturated heterocycles. The van der Waals surface area contributed by atoms with Gasteiger partial charge in [-0.25, -0.2) is 9.59 Å². The SMILES string of the molecule is C.CCOC(=O)C(Cl)C(C)=O.CCOC(=O)C(Oc1ccccc1)C(C)=O.[F-].[Na+].[O-]c1ccccc1. The van der Waals surface area contributed by atoms with Crippen molar-refractivity contribution in [2.45, 2.75) is 46.6 Å². The summed E-state index contributed by atoms with van der Waals surface area (Å²) in [7, 11) is 0. The quantitative estimate of drug-likeness (QED) is 0.160.